The highest BCUT2D eigenvalue weighted by Crippen LogP contribution is 2.30. The highest BCUT2D eigenvalue weighted by molar-refractivity contribution is 9.10. The Morgan fingerprint density at radius 1 is 1.40 bits per heavy atom. The highest BCUT2D eigenvalue weighted by atomic mass is 79.9. The van der Waals surface area contributed by atoms with E-state index < -0.39 is 5.82 Å². The molecule has 7 nitrogen and oxygen atoms in total. The zero-order valence-corrected chi connectivity index (χ0v) is 15.3. The minimum atomic E-state index is -0.507. The Hall–Kier alpha value is -1.97. The second kappa shape index (κ2) is 7.94. The summed E-state index contributed by atoms with van der Waals surface area (Å²) in [5, 5.41) is 14.1. The Bertz CT molecular complexity index is 802. The quantitative estimate of drug-likeness (QED) is 0.573. The summed E-state index contributed by atoms with van der Waals surface area (Å²) >= 11 is 9.18. The molecule has 0 unspecified atom stereocenters. The molecule has 0 radical (unpaired) electrons. The zero-order valence-electron chi connectivity index (χ0n) is 12.9. The van der Waals surface area contributed by atoms with Gasteiger partial charge < -0.3 is 14.7 Å². The van der Waals surface area contributed by atoms with Gasteiger partial charge in [-0.3, -0.25) is 0 Å². The van der Waals surface area contributed by atoms with Gasteiger partial charge in [-0.2, -0.15) is 10.1 Å². The van der Waals surface area contributed by atoms with Crippen molar-refractivity contribution >= 4 is 45.5 Å². The van der Waals surface area contributed by atoms with E-state index in [-0.39, 0.29) is 22.5 Å². The van der Waals surface area contributed by atoms with Gasteiger partial charge in [0.25, 0.3) is 0 Å². The fraction of sp³-hybridized carbons (Fsp3) is 0.267. The van der Waals surface area contributed by atoms with Gasteiger partial charge in [0, 0.05) is 23.1 Å². The molecule has 0 aliphatic carbocycles. The van der Waals surface area contributed by atoms with E-state index >= 15 is 0 Å². The number of phenols is 1. The number of phenolic OH excluding ortho intramolecular Hbond substituents is 1. The van der Waals surface area contributed by atoms with Crippen LogP contribution in [0.3, 0.4) is 0 Å². The van der Waals surface area contributed by atoms with Crippen molar-refractivity contribution in [3.8, 4) is 5.75 Å². The number of nitrogens with one attached hydrogen (secondary N) is 1. The summed E-state index contributed by atoms with van der Waals surface area (Å²) in [6, 6.07) is 3.22. The molecule has 2 N–H and O–H groups in total. The topological polar surface area (TPSA) is 82.9 Å². The largest absolute Gasteiger partial charge is 0.506 e. The summed E-state index contributed by atoms with van der Waals surface area (Å²) < 4.78 is 19.9. The van der Waals surface area contributed by atoms with Crippen molar-refractivity contribution in [1.29, 1.82) is 0 Å². The van der Waals surface area contributed by atoms with Crippen molar-refractivity contribution < 1.29 is 14.2 Å². The van der Waals surface area contributed by atoms with Crippen molar-refractivity contribution in [2.75, 3.05) is 36.6 Å². The molecular weight excluding hydrogens is 417 g/mol. The lowest BCUT2D eigenvalue weighted by atomic mass is 10.2. The van der Waals surface area contributed by atoms with Crippen LogP contribution < -0.4 is 10.3 Å². The number of hydrazone groups is 1. The first-order valence-corrected chi connectivity index (χ1v) is 8.54. The van der Waals surface area contributed by atoms with E-state index in [1.807, 2.05) is 0 Å². The number of hydrogen-bond donors (Lipinski definition) is 2. The SMILES string of the molecule is Oc1c(Cl)cc(Br)cc1C=NNc1ncc(F)c(N2CCOCC2)n1. The van der Waals surface area contributed by atoms with Crippen molar-refractivity contribution in [3.05, 3.63) is 39.2 Å². The lowest BCUT2D eigenvalue weighted by molar-refractivity contribution is 0.122. The number of aromatic hydroxyl groups is 1. The molecule has 0 atom stereocenters. The molecule has 1 aliphatic heterocycles. The molecule has 1 aromatic carbocycles. The smallest absolute Gasteiger partial charge is 0.245 e. The van der Waals surface area contributed by atoms with Gasteiger partial charge in [0.2, 0.25) is 5.95 Å². The number of anilines is 2. The van der Waals surface area contributed by atoms with Crippen LogP contribution in [0.1, 0.15) is 5.56 Å². The average molecular weight is 431 g/mol. The molecule has 2 aromatic rings. The van der Waals surface area contributed by atoms with Gasteiger partial charge >= 0.3 is 0 Å². The van der Waals surface area contributed by atoms with Gasteiger partial charge in [-0.25, -0.2) is 14.8 Å². The Kier molecular flexibility index (Phi) is 5.67. The molecule has 0 saturated carbocycles. The van der Waals surface area contributed by atoms with Crippen molar-refractivity contribution in [2.45, 2.75) is 0 Å². The number of rotatable bonds is 4. The van der Waals surface area contributed by atoms with Crippen LogP contribution in [0.5, 0.6) is 5.75 Å². The molecule has 0 spiro atoms. The molecule has 3 rings (SSSR count). The summed E-state index contributed by atoms with van der Waals surface area (Å²) in [7, 11) is 0. The molecule has 1 aliphatic rings. The number of nitrogens with zero attached hydrogens (tertiary/aromatic N) is 4. The monoisotopic (exact) mass is 429 g/mol. The maximum absolute atomic E-state index is 14.0. The summed E-state index contributed by atoms with van der Waals surface area (Å²) in [5.74, 6) is -0.263. The molecule has 2 heterocycles. The van der Waals surface area contributed by atoms with E-state index in [1.54, 1.807) is 17.0 Å². The molecular formula is C15H14BrClFN5O2. The third-order valence-electron chi connectivity index (χ3n) is 3.46. The van der Waals surface area contributed by atoms with E-state index in [4.69, 9.17) is 16.3 Å². The molecule has 132 valence electrons. The minimum Gasteiger partial charge on any atom is -0.506 e. The Morgan fingerprint density at radius 2 is 2.16 bits per heavy atom. The normalized spacial score (nSPS) is 14.9. The Labute approximate surface area is 156 Å². The van der Waals surface area contributed by atoms with E-state index in [2.05, 4.69) is 36.4 Å². The van der Waals surface area contributed by atoms with Gasteiger partial charge in [-0.15, -0.1) is 0 Å². The van der Waals surface area contributed by atoms with Gasteiger partial charge in [-0.05, 0) is 12.1 Å². The lowest BCUT2D eigenvalue weighted by Crippen LogP contribution is -2.37. The van der Waals surface area contributed by atoms with Crippen LogP contribution in [0, 0.1) is 5.82 Å². The molecule has 1 saturated heterocycles. The molecule has 1 aromatic heterocycles. The van der Waals surface area contributed by atoms with E-state index in [9.17, 15) is 9.50 Å². The number of morpholine rings is 1. The number of ether oxygens (including phenoxy) is 1. The summed E-state index contributed by atoms with van der Waals surface area (Å²) in [5.41, 5.74) is 3.02. The predicted molar refractivity (Wildman–Crippen MR) is 97.1 cm³/mol. The van der Waals surface area contributed by atoms with Crippen LogP contribution in [0.2, 0.25) is 5.02 Å². The third kappa shape index (κ3) is 4.36. The Morgan fingerprint density at radius 3 is 2.92 bits per heavy atom. The maximum Gasteiger partial charge on any atom is 0.245 e. The first-order valence-electron chi connectivity index (χ1n) is 7.37. The highest BCUT2D eigenvalue weighted by Gasteiger charge is 2.17. The van der Waals surface area contributed by atoms with Crippen LogP contribution in [0.25, 0.3) is 0 Å². The molecule has 1 fully saturated rings. The number of hydrogen-bond acceptors (Lipinski definition) is 7. The van der Waals surface area contributed by atoms with Crippen LogP contribution in [-0.2, 0) is 4.74 Å². The summed E-state index contributed by atoms with van der Waals surface area (Å²) in [6.07, 6.45) is 2.45. The van der Waals surface area contributed by atoms with Gasteiger partial charge in [0.15, 0.2) is 11.6 Å². The average Bonchev–Trinajstić information content (AvgIpc) is 2.61. The fourth-order valence-corrected chi connectivity index (χ4v) is 3.09. The second-order valence-corrected chi connectivity index (χ2v) is 6.48. The molecule has 0 bridgehead atoms. The molecule has 0 amide bonds. The minimum absolute atomic E-state index is 0.0931. The molecule has 25 heavy (non-hydrogen) atoms. The first-order chi connectivity index (χ1) is 12.0. The van der Waals surface area contributed by atoms with Crippen LogP contribution in [0.15, 0.2) is 27.9 Å². The standard InChI is InChI=1S/C15H14BrClFN5O2/c16-10-5-9(13(24)11(17)6-10)7-20-22-15-19-8-12(18)14(21-15)23-1-3-25-4-2-23/h5-8,24H,1-4H2,(H,19,21,22). The van der Waals surface area contributed by atoms with Crippen molar-refractivity contribution in [3.63, 3.8) is 0 Å². The van der Waals surface area contributed by atoms with E-state index in [0.29, 0.717) is 36.3 Å². The second-order valence-electron chi connectivity index (χ2n) is 5.16. The zero-order chi connectivity index (χ0) is 17.8. The van der Waals surface area contributed by atoms with Crippen molar-refractivity contribution in [2.24, 2.45) is 5.10 Å². The summed E-state index contributed by atoms with van der Waals surface area (Å²) in [4.78, 5) is 9.79. The lowest BCUT2D eigenvalue weighted by Gasteiger charge is -2.27. The fourth-order valence-electron chi connectivity index (χ4n) is 2.25. The van der Waals surface area contributed by atoms with Crippen LogP contribution in [0.4, 0.5) is 16.2 Å². The van der Waals surface area contributed by atoms with Gasteiger partial charge in [-0.1, -0.05) is 27.5 Å². The van der Waals surface area contributed by atoms with Gasteiger partial charge in [0.05, 0.1) is 30.6 Å². The van der Waals surface area contributed by atoms with Gasteiger partial charge in [0.1, 0.15) is 5.75 Å². The maximum atomic E-state index is 14.0. The predicted octanol–water partition coefficient (Wildman–Crippen LogP) is 3.02. The third-order valence-corrected chi connectivity index (χ3v) is 4.21. The van der Waals surface area contributed by atoms with E-state index in [1.165, 1.54) is 6.21 Å². The molecule has 10 heteroatoms. The Balaban J connectivity index is 1.75. The first kappa shape index (κ1) is 17.8. The van der Waals surface area contributed by atoms with Crippen LogP contribution >= 0.6 is 27.5 Å². The number of aromatic nitrogens is 2. The summed E-state index contributed by atoms with van der Waals surface area (Å²) in [6.45, 7) is 2.16. The number of benzene rings is 1. The number of halogens is 3. The van der Waals surface area contributed by atoms with Crippen LogP contribution in [-0.4, -0.2) is 47.6 Å². The van der Waals surface area contributed by atoms with E-state index in [0.717, 1.165) is 6.20 Å². The van der Waals surface area contributed by atoms with Crippen molar-refractivity contribution in [1.82, 2.24) is 9.97 Å².